The number of benzene rings is 5. The molecule has 0 aliphatic carbocycles. The number of nitrogens with zero attached hydrogens (tertiary/aromatic N) is 6. The van der Waals surface area contributed by atoms with Crippen molar-refractivity contribution in [1.82, 2.24) is 29.5 Å². The largest absolute Gasteiger partial charge is 0.435 e. The Labute approximate surface area is 298 Å². The second-order valence-electron chi connectivity index (χ2n) is 12.6. The van der Waals surface area contributed by atoms with E-state index in [1.165, 1.54) is 0 Å². The molecule has 5 aromatic heterocycles. The van der Waals surface area contributed by atoms with Crippen LogP contribution in [0.1, 0.15) is 0 Å². The molecule has 0 saturated carbocycles. The van der Waals surface area contributed by atoms with E-state index in [-0.39, 0.29) is 0 Å². The Kier molecular flexibility index (Phi) is 6.99. The number of aromatic nitrogens is 6. The van der Waals surface area contributed by atoms with Gasteiger partial charge in [0, 0.05) is 58.1 Å². The molecule has 0 fully saturated rings. The maximum Gasteiger partial charge on any atom is 0.227 e. The lowest BCUT2D eigenvalue weighted by Crippen LogP contribution is -1.97. The monoisotopic (exact) mass is 668 g/mol. The number of hydrogen-bond acceptors (Lipinski definition) is 6. The molecule has 0 saturated heterocycles. The van der Waals surface area contributed by atoms with Crippen molar-refractivity contribution in [2.75, 3.05) is 0 Å². The third-order valence-corrected chi connectivity index (χ3v) is 9.49. The lowest BCUT2D eigenvalue weighted by Gasteiger charge is -2.12. The van der Waals surface area contributed by atoms with Gasteiger partial charge in [0.2, 0.25) is 5.89 Å². The van der Waals surface area contributed by atoms with Crippen LogP contribution in [0, 0.1) is 0 Å². The summed E-state index contributed by atoms with van der Waals surface area (Å²) in [6.45, 7) is 0. The molecule has 0 unspecified atom stereocenters. The summed E-state index contributed by atoms with van der Waals surface area (Å²) >= 11 is 0. The quantitative estimate of drug-likeness (QED) is 0.175. The molecule has 52 heavy (non-hydrogen) atoms. The first-order chi connectivity index (χ1) is 25.8. The van der Waals surface area contributed by atoms with Gasteiger partial charge in [0.05, 0.1) is 27.8 Å². The Morgan fingerprint density at radius 2 is 1.04 bits per heavy atom. The normalized spacial score (nSPS) is 11.5. The van der Waals surface area contributed by atoms with Gasteiger partial charge in [0.15, 0.2) is 11.4 Å². The zero-order valence-corrected chi connectivity index (χ0v) is 27.8. The van der Waals surface area contributed by atoms with Gasteiger partial charge in [-0.25, -0.2) is 15.0 Å². The van der Waals surface area contributed by atoms with Gasteiger partial charge in [-0.2, -0.15) is 0 Å². The SMILES string of the molecule is c1ccc(-c2nc3ccc4c(c5ccccc5n4-c4ccc(-c5cc(-c6ccc(-c7ccncc7)cc6)nc(-c6ccncc6)n5)cc4)c3o2)cc1. The number of oxazole rings is 1. The van der Waals surface area contributed by atoms with Crippen LogP contribution < -0.4 is 0 Å². The molecule has 10 rings (SSSR count). The molecule has 244 valence electrons. The predicted molar refractivity (Wildman–Crippen MR) is 207 cm³/mol. The van der Waals surface area contributed by atoms with Crippen LogP contribution in [0.3, 0.4) is 0 Å². The fourth-order valence-corrected chi connectivity index (χ4v) is 6.95. The van der Waals surface area contributed by atoms with Gasteiger partial charge >= 0.3 is 0 Å². The van der Waals surface area contributed by atoms with Crippen LogP contribution in [0.15, 0.2) is 175 Å². The van der Waals surface area contributed by atoms with Crippen molar-refractivity contribution in [3.05, 3.63) is 170 Å². The van der Waals surface area contributed by atoms with Crippen molar-refractivity contribution in [3.63, 3.8) is 0 Å². The van der Waals surface area contributed by atoms with Crippen molar-refractivity contribution >= 4 is 32.9 Å². The van der Waals surface area contributed by atoms with E-state index in [2.05, 4.69) is 99.5 Å². The summed E-state index contributed by atoms with van der Waals surface area (Å²) in [6.07, 6.45) is 7.16. The summed E-state index contributed by atoms with van der Waals surface area (Å²) in [5.74, 6) is 1.26. The van der Waals surface area contributed by atoms with E-state index >= 15 is 0 Å². The predicted octanol–water partition coefficient (Wildman–Crippen LogP) is 10.8. The molecule has 0 amide bonds. The minimum Gasteiger partial charge on any atom is -0.435 e. The molecule has 0 aliphatic heterocycles. The van der Waals surface area contributed by atoms with E-state index < -0.39 is 0 Å². The van der Waals surface area contributed by atoms with E-state index in [4.69, 9.17) is 19.4 Å². The molecule has 7 nitrogen and oxygen atoms in total. The first-order valence-corrected chi connectivity index (χ1v) is 17.1. The van der Waals surface area contributed by atoms with Gasteiger partial charge in [0.25, 0.3) is 0 Å². The Bertz CT molecular complexity index is 2870. The molecule has 0 spiro atoms. The maximum atomic E-state index is 6.48. The Hall–Kier alpha value is -7.25. The van der Waals surface area contributed by atoms with Crippen LogP contribution >= 0.6 is 0 Å². The van der Waals surface area contributed by atoms with Crippen molar-refractivity contribution in [3.8, 4) is 62.2 Å². The number of rotatable bonds is 6. The van der Waals surface area contributed by atoms with Gasteiger partial charge < -0.3 is 8.98 Å². The van der Waals surface area contributed by atoms with E-state index in [1.54, 1.807) is 12.4 Å². The molecule has 7 heteroatoms. The van der Waals surface area contributed by atoms with Gasteiger partial charge in [-0.1, -0.05) is 72.8 Å². The summed E-state index contributed by atoms with van der Waals surface area (Å²) in [6, 6.07) is 49.7. The third-order valence-electron chi connectivity index (χ3n) is 9.49. The number of fused-ring (bicyclic) bond motifs is 5. The van der Waals surface area contributed by atoms with Crippen molar-refractivity contribution in [2.45, 2.75) is 0 Å². The molecule has 5 heterocycles. The summed E-state index contributed by atoms with van der Waals surface area (Å²) in [7, 11) is 0. The van der Waals surface area contributed by atoms with Gasteiger partial charge in [-0.15, -0.1) is 0 Å². The van der Waals surface area contributed by atoms with Crippen LogP contribution in [0.5, 0.6) is 0 Å². The molecule has 0 radical (unpaired) electrons. The molecule has 5 aromatic carbocycles. The molecule has 0 atom stereocenters. The van der Waals surface area contributed by atoms with E-state index in [0.717, 1.165) is 83.4 Å². The molecule has 0 aliphatic rings. The number of pyridine rings is 2. The van der Waals surface area contributed by atoms with Gasteiger partial charge in [-0.3, -0.25) is 9.97 Å². The zero-order valence-electron chi connectivity index (χ0n) is 27.8. The molecule has 10 aromatic rings. The van der Waals surface area contributed by atoms with E-state index in [0.29, 0.717) is 11.7 Å². The van der Waals surface area contributed by atoms with E-state index in [9.17, 15) is 0 Å². The van der Waals surface area contributed by atoms with Crippen LogP contribution in [0.2, 0.25) is 0 Å². The minimum atomic E-state index is 0.615. The van der Waals surface area contributed by atoms with Crippen LogP contribution in [0.4, 0.5) is 0 Å². The number of hydrogen-bond donors (Lipinski definition) is 0. The average molecular weight is 669 g/mol. The second-order valence-corrected chi connectivity index (χ2v) is 12.6. The summed E-state index contributed by atoms with van der Waals surface area (Å²) < 4.78 is 8.77. The second kappa shape index (κ2) is 12.3. The minimum absolute atomic E-state index is 0.615. The average Bonchev–Trinajstić information content (AvgIpc) is 3.82. The Morgan fingerprint density at radius 1 is 0.442 bits per heavy atom. The number of para-hydroxylation sites is 1. The maximum absolute atomic E-state index is 6.48. The Morgan fingerprint density at radius 3 is 1.75 bits per heavy atom. The first kappa shape index (κ1) is 29.6. The van der Waals surface area contributed by atoms with Crippen molar-refractivity contribution < 1.29 is 4.42 Å². The van der Waals surface area contributed by atoms with Crippen molar-refractivity contribution in [1.29, 1.82) is 0 Å². The van der Waals surface area contributed by atoms with Crippen LogP contribution in [-0.4, -0.2) is 29.5 Å². The zero-order chi connectivity index (χ0) is 34.4. The standard InChI is InChI=1S/C45H28N6O/c1-2-6-34(7-3-1)45-50-37-18-19-41-42(43(37)52-45)36-8-4-5-9-40(36)51(41)35-16-14-32(15-17-35)39-28-38(48-44(49-39)33-22-26-47-27-23-33)31-12-10-29(11-13-31)30-20-24-46-25-21-30/h1-28H. The molecular weight excluding hydrogens is 641 g/mol. The highest BCUT2D eigenvalue weighted by Crippen LogP contribution is 2.39. The topological polar surface area (TPSA) is 82.5 Å². The smallest absolute Gasteiger partial charge is 0.227 e. The van der Waals surface area contributed by atoms with Crippen LogP contribution in [-0.2, 0) is 0 Å². The fraction of sp³-hybridized carbons (Fsp3) is 0. The van der Waals surface area contributed by atoms with E-state index in [1.807, 2.05) is 73.1 Å². The summed E-state index contributed by atoms with van der Waals surface area (Å²) in [5.41, 5.74) is 12.6. The lowest BCUT2D eigenvalue weighted by atomic mass is 10.0. The molecular formula is C45H28N6O. The molecule has 0 N–H and O–H groups in total. The van der Waals surface area contributed by atoms with Gasteiger partial charge in [0.1, 0.15) is 5.52 Å². The fourth-order valence-electron chi connectivity index (χ4n) is 6.95. The lowest BCUT2D eigenvalue weighted by molar-refractivity contribution is 0.623. The highest BCUT2D eigenvalue weighted by atomic mass is 16.3. The highest BCUT2D eigenvalue weighted by molar-refractivity contribution is 6.19. The summed E-state index contributed by atoms with van der Waals surface area (Å²) in [4.78, 5) is 23.3. The first-order valence-electron chi connectivity index (χ1n) is 17.1. The highest BCUT2D eigenvalue weighted by Gasteiger charge is 2.19. The summed E-state index contributed by atoms with van der Waals surface area (Å²) in [5, 5.41) is 2.16. The molecule has 0 bridgehead atoms. The van der Waals surface area contributed by atoms with Gasteiger partial charge in [-0.05, 0) is 83.9 Å². The third kappa shape index (κ3) is 5.11. The van der Waals surface area contributed by atoms with Crippen molar-refractivity contribution in [2.24, 2.45) is 0 Å². The van der Waals surface area contributed by atoms with Crippen LogP contribution in [0.25, 0.3) is 95.1 Å². The Balaban J connectivity index is 1.07.